The summed E-state index contributed by atoms with van der Waals surface area (Å²) in [5.41, 5.74) is 3.56. The van der Waals surface area contributed by atoms with Crippen molar-refractivity contribution in [3.63, 3.8) is 0 Å². The van der Waals surface area contributed by atoms with Gasteiger partial charge in [-0.25, -0.2) is 4.79 Å². The molecule has 2 rings (SSSR count). The number of halogens is 1. The summed E-state index contributed by atoms with van der Waals surface area (Å²) in [5.74, 6) is 0. The number of nitrogens with one attached hydrogen (secondary N) is 2. The molecule has 2 amide bonds. The van der Waals surface area contributed by atoms with Crippen LogP contribution < -0.4 is 10.6 Å². The second-order valence-corrected chi connectivity index (χ2v) is 5.59. The second-order valence-electron chi connectivity index (χ2n) is 5.15. The molecule has 0 radical (unpaired) electrons. The zero-order valence-corrected chi connectivity index (χ0v) is 13.3. The summed E-state index contributed by atoms with van der Waals surface area (Å²) < 4.78 is 0. The molecule has 0 aromatic heterocycles. The Morgan fingerprint density at radius 3 is 2.27 bits per heavy atom. The average Bonchev–Trinajstić information content (AvgIpc) is 2.50. The average molecular weight is 319 g/mol. The largest absolute Gasteiger partial charge is 0.394 e. The molecule has 22 heavy (non-hydrogen) atoms. The van der Waals surface area contributed by atoms with Gasteiger partial charge in [0.15, 0.2) is 0 Å². The fraction of sp³-hybridized carbons (Fsp3) is 0.235. The standard InChI is InChI=1S/C17H19ClN2O2/c1-11-4-3-5-12(2)16(11)20-17(22)19-15(10-21)13-6-8-14(18)9-7-13/h3-9,15,21H,10H2,1-2H3,(H2,19,20,22). The van der Waals surface area contributed by atoms with E-state index < -0.39 is 6.04 Å². The van der Waals surface area contributed by atoms with Gasteiger partial charge < -0.3 is 15.7 Å². The second kappa shape index (κ2) is 7.29. The van der Waals surface area contributed by atoms with E-state index in [1.165, 1.54) is 0 Å². The van der Waals surface area contributed by atoms with Crippen LogP contribution in [0.2, 0.25) is 5.02 Å². The van der Waals surface area contributed by atoms with Gasteiger partial charge in [0.2, 0.25) is 0 Å². The third-order valence-electron chi connectivity index (χ3n) is 3.48. The van der Waals surface area contributed by atoms with Crippen LogP contribution in [0.15, 0.2) is 42.5 Å². The molecule has 0 aliphatic heterocycles. The first-order valence-electron chi connectivity index (χ1n) is 7.01. The number of rotatable bonds is 4. The number of carbonyl (C=O) groups excluding carboxylic acids is 1. The molecule has 1 atom stereocenters. The molecule has 3 N–H and O–H groups in total. The van der Waals surface area contributed by atoms with E-state index in [1.807, 2.05) is 32.0 Å². The van der Waals surface area contributed by atoms with Gasteiger partial charge >= 0.3 is 6.03 Å². The summed E-state index contributed by atoms with van der Waals surface area (Å²) in [6, 6.07) is 12.0. The molecule has 2 aromatic rings. The van der Waals surface area contributed by atoms with Gasteiger partial charge in [0.1, 0.15) is 0 Å². The van der Waals surface area contributed by atoms with Gasteiger partial charge in [0.25, 0.3) is 0 Å². The van der Waals surface area contributed by atoms with Gasteiger partial charge in [0, 0.05) is 10.7 Å². The minimum Gasteiger partial charge on any atom is -0.394 e. The molecular formula is C17H19ClN2O2. The van der Waals surface area contributed by atoms with Crippen LogP contribution in [0.1, 0.15) is 22.7 Å². The summed E-state index contributed by atoms with van der Waals surface area (Å²) in [7, 11) is 0. The summed E-state index contributed by atoms with van der Waals surface area (Å²) in [4.78, 5) is 12.2. The number of hydrogen-bond donors (Lipinski definition) is 3. The summed E-state index contributed by atoms with van der Waals surface area (Å²) in [6.07, 6.45) is 0. The SMILES string of the molecule is Cc1cccc(C)c1NC(=O)NC(CO)c1ccc(Cl)cc1. The smallest absolute Gasteiger partial charge is 0.319 e. The maximum atomic E-state index is 12.2. The van der Waals surface area contributed by atoms with E-state index in [2.05, 4.69) is 10.6 Å². The first-order chi connectivity index (χ1) is 10.5. The van der Waals surface area contributed by atoms with Crippen LogP contribution >= 0.6 is 11.6 Å². The molecule has 0 aliphatic carbocycles. The zero-order valence-electron chi connectivity index (χ0n) is 12.6. The van der Waals surface area contributed by atoms with Gasteiger partial charge in [-0.1, -0.05) is 41.9 Å². The van der Waals surface area contributed by atoms with Gasteiger partial charge in [-0.3, -0.25) is 0 Å². The molecule has 0 saturated heterocycles. The highest BCUT2D eigenvalue weighted by atomic mass is 35.5. The van der Waals surface area contributed by atoms with Crippen molar-refractivity contribution in [1.82, 2.24) is 5.32 Å². The Morgan fingerprint density at radius 2 is 1.73 bits per heavy atom. The molecular weight excluding hydrogens is 300 g/mol. The number of aliphatic hydroxyl groups excluding tert-OH is 1. The fourth-order valence-electron chi connectivity index (χ4n) is 2.25. The number of hydrogen-bond acceptors (Lipinski definition) is 2. The van der Waals surface area contributed by atoms with E-state index in [0.29, 0.717) is 5.02 Å². The Labute approximate surface area is 135 Å². The highest BCUT2D eigenvalue weighted by Crippen LogP contribution is 2.20. The first-order valence-corrected chi connectivity index (χ1v) is 7.39. The Hall–Kier alpha value is -2.04. The predicted molar refractivity (Wildman–Crippen MR) is 89.3 cm³/mol. The summed E-state index contributed by atoms with van der Waals surface area (Å²) in [5, 5.41) is 15.7. The number of para-hydroxylation sites is 1. The van der Waals surface area contributed by atoms with E-state index in [-0.39, 0.29) is 12.6 Å². The number of anilines is 1. The Bertz CT molecular complexity index is 636. The molecule has 1 unspecified atom stereocenters. The van der Waals surface area contributed by atoms with Crippen LogP contribution in [-0.2, 0) is 0 Å². The van der Waals surface area contributed by atoms with E-state index in [9.17, 15) is 9.90 Å². The molecule has 0 aliphatic rings. The third kappa shape index (κ3) is 4.00. The first kappa shape index (κ1) is 16.3. The lowest BCUT2D eigenvalue weighted by molar-refractivity contribution is 0.225. The van der Waals surface area contributed by atoms with Gasteiger partial charge in [-0.15, -0.1) is 0 Å². The van der Waals surface area contributed by atoms with E-state index in [0.717, 1.165) is 22.4 Å². The quantitative estimate of drug-likeness (QED) is 0.802. The van der Waals surface area contributed by atoms with Gasteiger partial charge in [-0.05, 0) is 42.7 Å². The van der Waals surface area contributed by atoms with E-state index in [4.69, 9.17) is 11.6 Å². The topological polar surface area (TPSA) is 61.4 Å². The highest BCUT2D eigenvalue weighted by Gasteiger charge is 2.14. The number of amides is 2. The van der Waals surface area contributed by atoms with Crippen LogP contribution in [0.25, 0.3) is 0 Å². The Morgan fingerprint density at radius 1 is 1.14 bits per heavy atom. The highest BCUT2D eigenvalue weighted by molar-refractivity contribution is 6.30. The molecule has 0 bridgehead atoms. The molecule has 4 nitrogen and oxygen atoms in total. The molecule has 2 aromatic carbocycles. The van der Waals surface area contributed by atoms with Crippen molar-refractivity contribution >= 4 is 23.3 Å². The van der Waals surface area contributed by atoms with E-state index in [1.54, 1.807) is 24.3 Å². The van der Waals surface area contributed by atoms with Crippen molar-refractivity contribution in [3.05, 3.63) is 64.2 Å². The van der Waals surface area contributed by atoms with Crippen molar-refractivity contribution in [2.75, 3.05) is 11.9 Å². The Balaban J connectivity index is 2.08. The Kier molecular flexibility index (Phi) is 5.41. The van der Waals surface area contributed by atoms with E-state index >= 15 is 0 Å². The van der Waals surface area contributed by atoms with Gasteiger partial charge in [-0.2, -0.15) is 0 Å². The molecule has 0 fully saturated rings. The minimum atomic E-state index is -0.485. The number of urea groups is 1. The van der Waals surface area contributed by atoms with Crippen molar-refractivity contribution in [2.24, 2.45) is 0 Å². The van der Waals surface area contributed by atoms with Crippen molar-refractivity contribution in [1.29, 1.82) is 0 Å². The van der Waals surface area contributed by atoms with Crippen LogP contribution in [0.4, 0.5) is 10.5 Å². The van der Waals surface area contributed by atoms with Crippen LogP contribution in [0.3, 0.4) is 0 Å². The number of aryl methyl sites for hydroxylation is 2. The lowest BCUT2D eigenvalue weighted by Crippen LogP contribution is -2.34. The minimum absolute atomic E-state index is 0.193. The molecule has 116 valence electrons. The number of carbonyl (C=O) groups is 1. The lowest BCUT2D eigenvalue weighted by Gasteiger charge is -2.18. The number of benzene rings is 2. The van der Waals surface area contributed by atoms with Crippen molar-refractivity contribution in [3.8, 4) is 0 Å². The molecule has 0 spiro atoms. The van der Waals surface area contributed by atoms with Crippen LogP contribution in [0, 0.1) is 13.8 Å². The third-order valence-corrected chi connectivity index (χ3v) is 3.73. The molecule has 5 heteroatoms. The predicted octanol–water partition coefficient (Wildman–Crippen LogP) is 3.81. The summed E-state index contributed by atoms with van der Waals surface area (Å²) >= 11 is 5.85. The maximum Gasteiger partial charge on any atom is 0.319 e. The summed E-state index contributed by atoms with van der Waals surface area (Å²) in [6.45, 7) is 3.68. The van der Waals surface area contributed by atoms with Gasteiger partial charge in [0.05, 0.1) is 12.6 Å². The number of aliphatic hydroxyl groups is 1. The lowest BCUT2D eigenvalue weighted by atomic mass is 10.1. The van der Waals surface area contributed by atoms with Crippen molar-refractivity contribution in [2.45, 2.75) is 19.9 Å². The van der Waals surface area contributed by atoms with Crippen molar-refractivity contribution < 1.29 is 9.90 Å². The monoisotopic (exact) mass is 318 g/mol. The fourth-order valence-corrected chi connectivity index (χ4v) is 2.37. The van der Waals surface area contributed by atoms with Crippen LogP contribution in [-0.4, -0.2) is 17.7 Å². The molecule has 0 heterocycles. The normalized spacial score (nSPS) is 11.8. The zero-order chi connectivity index (χ0) is 16.1. The van der Waals surface area contributed by atoms with Crippen LogP contribution in [0.5, 0.6) is 0 Å². The maximum absolute atomic E-state index is 12.2. The molecule has 0 saturated carbocycles.